The van der Waals surface area contributed by atoms with Crippen molar-refractivity contribution in [2.75, 3.05) is 6.54 Å². The molecule has 0 aliphatic heterocycles. The predicted molar refractivity (Wildman–Crippen MR) is 48.6 cm³/mol. The molecule has 0 radical (unpaired) electrons. The molecule has 1 aliphatic rings. The fraction of sp³-hybridized carbons (Fsp3) is 0.889. The van der Waals surface area contributed by atoms with Crippen LogP contribution >= 0.6 is 0 Å². The quantitative estimate of drug-likeness (QED) is 0.614. The van der Waals surface area contributed by atoms with E-state index in [1.165, 1.54) is 19.3 Å². The van der Waals surface area contributed by atoms with Crippen LogP contribution in [0.2, 0.25) is 0 Å². The average molecular weight is 170 g/mol. The van der Waals surface area contributed by atoms with Gasteiger partial charge in [0, 0.05) is 19.0 Å². The summed E-state index contributed by atoms with van der Waals surface area (Å²) in [5.74, 6) is 0.651. The molecule has 0 spiro atoms. The molecule has 3 heteroatoms. The molecule has 2 unspecified atom stereocenters. The first-order valence-corrected chi connectivity index (χ1v) is 4.75. The number of nitrogens with one attached hydrogen (secondary N) is 1. The molecule has 0 saturated heterocycles. The number of amides is 1. The molecule has 1 aliphatic carbocycles. The van der Waals surface area contributed by atoms with Gasteiger partial charge in [0.1, 0.15) is 0 Å². The van der Waals surface area contributed by atoms with Gasteiger partial charge in [-0.3, -0.25) is 4.79 Å². The lowest BCUT2D eigenvalue weighted by Gasteiger charge is -2.00. The fourth-order valence-corrected chi connectivity index (χ4v) is 1.57. The lowest BCUT2D eigenvalue weighted by atomic mass is 10.2. The van der Waals surface area contributed by atoms with E-state index < -0.39 is 0 Å². The van der Waals surface area contributed by atoms with Crippen LogP contribution < -0.4 is 11.1 Å². The van der Waals surface area contributed by atoms with E-state index in [1.54, 1.807) is 0 Å². The second kappa shape index (κ2) is 4.45. The van der Waals surface area contributed by atoms with Crippen molar-refractivity contribution in [1.29, 1.82) is 0 Å². The third-order valence-corrected chi connectivity index (χ3v) is 2.36. The predicted octanol–water partition coefficient (Wildman–Crippen LogP) is 0.640. The molecule has 1 fully saturated rings. The summed E-state index contributed by atoms with van der Waals surface area (Å²) in [7, 11) is 0. The van der Waals surface area contributed by atoms with Gasteiger partial charge in [-0.15, -0.1) is 0 Å². The summed E-state index contributed by atoms with van der Waals surface area (Å²) in [4.78, 5) is 10.4. The first kappa shape index (κ1) is 9.52. The van der Waals surface area contributed by atoms with Crippen molar-refractivity contribution in [3.8, 4) is 0 Å². The SMILES string of the molecule is CCCC1CC1NCCC(N)=O. The number of hydrogen-bond acceptors (Lipinski definition) is 2. The van der Waals surface area contributed by atoms with E-state index in [9.17, 15) is 4.79 Å². The smallest absolute Gasteiger partial charge is 0.218 e. The van der Waals surface area contributed by atoms with Crippen molar-refractivity contribution >= 4 is 5.91 Å². The maximum Gasteiger partial charge on any atom is 0.218 e. The average Bonchev–Trinajstić information content (AvgIpc) is 2.68. The number of carbonyl (C=O) groups excluding carboxylic acids is 1. The van der Waals surface area contributed by atoms with Gasteiger partial charge in [0.05, 0.1) is 0 Å². The Balaban J connectivity index is 1.93. The van der Waals surface area contributed by atoms with E-state index in [1.807, 2.05) is 0 Å². The van der Waals surface area contributed by atoms with E-state index in [2.05, 4.69) is 12.2 Å². The Kier molecular flexibility index (Phi) is 3.53. The third-order valence-electron chi connectivity index (χ3n) is 2.36. The maximum absolute atomic E-state index is 10.4. The largest absolute Gasteiger partial charge is 0.370 e. The Bertz CT molecular complexity index is 159. The van der Waals surface area contributed by atoms with E-state index >= 15 is 0 Å². The Morgan fingerprint density at radius 3 is 3.00 bits per heavy atom. The van der Waals surface area contributed by atoms with Crippen LogP contribution in [0.4, 0.5) is 0 Å². The highest BCUT2D eigenvalue weighted by Gasteiger charge is 2.34. The molecular formula is C9H18N2O. The standard InChI is InChI=1S/C9H18N2O/c1-2-3-7-6-8(7)11-5-4-9(10)12/h7-8,11H,2-6H2,1H3,(H2,10,12). The first-order valence-electron chi connectivity index (χ1n) is 4.75. The van der Waals surface area contributed by atoms with Gasteiger partial charge in [-0.05, 0) is 18.8 Å². The molecule has 1 amide bonds. The number of hydrogen-bond donors (Lipinski definition) is 2. The lowest BCUT2D eigenvalue weighted by Crippen LogP contribution is -2.24. The molecule has 2 atom stereocenters. The Hall–Kier alpha value is -0.570. The summed E-state index contributed by atoms with van der Waals surface area (Å²) in [5, 5.41) is 3.32. The maximum atomic E-state index is 10.4. The zero-order chi connectivity index (χ0) is 8.97. The molecule has 70 valence electrons. The number of rotatable bonds is 6. The highest BCUT2D eigenvalue weighted by molar-refractivity contribution is 5.73. The summed E-state index contributed by atoms with van der Waals surface area (Å²) < 4.78 is 0. The van der Waals surface area contributed by atoms with E-state index in [0.29, 0.717) is 12.5 Å². The summed E-state index contributed by atoms with van der Waals surface area (Å²) in [6.07, 6.45) is 4.33. The molecule has 0 aromatic carbocycles. The van der Waals surface area contributed by atoms with Crippen LogP contribution in [0, 0.1) is 5.92 Å². The van der Waals surface area contributed by atoms with Crippen molar-refractivity contribution in [2.24, 2.45) is 11.7 Å². The Labute approximate surface area is 73.7 Å². The second-order valence-electron chi connectivity index (χ2n) is 3.56. The molecule has 0 aromatic rings. The number of primary amides is 1. The normalized spacial score (nSPS) is 27.1. The Morgan fingerprint density at radius 2 is 2.42 bits per heavy atom. The minimum Gasteiger partial charge on any atom is -0.370 e. The molecule has 3 N–H and O–H groups in total. The van der Waals surface area contributed by atoms with Crippen LogP contribution in [0.3, 0.4) is 0 Å². The lowest BCUT2D eigenvalue weighted by molar-refractivity contribution is -0.117. The molecular weight excluding hydrogens is 152 g/mol. The van der Waals surface area contributed by atoms with Gasteiger partial charge in [0.15, 0.2) is 0 Å². The van der Waals surface area contributed by atoms with Crippen LogP contribution in [0.25, 0.3) is 0 Å². The van der Waals surface area contributed by atoms with Crippen LogP contribution in [0.1, 0.15) is 32.6 Å². The minimum atomic E-state index is -0.213. The summed E-state index contributed by atoms with van der Waals surface area (Å²) in [6.45, 7) is 2.96. The third kappa shape index (κ3) is 3.22. The van der Waals surface area contributed by atoms with Gasteiger partial charge in [-0.25, -0.2) is 0 Å². The molecule has 0 aromatic heterocycles. The van der Waals surface area contributed by atoms with Gasteiger partial charge in [-0.1, -0.05) is 13.3 Å². The molecule has 12 heavy (non-hydrogen) atoms. The number of carbonyl (C=O) groups is 1. The van der Waals surface area contributed by atoms with Gasteiger partial charge >= 0.3 is 0 Å². The van der Waals surface area contributed by atoms with Gasteiger partial charge in [0.25, 0.3) is 0 Å². The van der Waals surface area contributed by atoms with Gasteiger partial charge < -0.3 is 11.1 Å². The molecule has 1 rings (SSSR count). The second-order valence-corrected chi connectivity index (χ2v) is 3.56. The zero-order valence-corrected chi connectivity index (χ0v) is 7.68. The van der Waals surface area contributed by atoms with Crippen LogP contribution in [-0.2, 0) is 4.79 Å². The van der Waals surface area contributed by atoms with Crippen LogP contribution in [-0.4, -0.2) is 18.5 Å². The van der Waals surface area contributed by atoms with Crippen molar-refractivity contribution < 1.29 is 4.79 Å². The van der Waals surface area contributed by atoms with Crippen molar-refractivity contribution in [3.05, 3.63) is 0 Å². The highest BCUT2D eigenvalue weighted by atomic mass is 16.1. The fourth-order valence-electron chi connectivity index (χ4n) is 1.57. The summed E-state index contributed by atoms with van der Waals surface area (Å²) in [5.41, 5.74) is 5.01. The van der Waals surface area contributed by atoms with Crippen LogP contribution in [0.15, 0.2) is 0 Å². The van der Waals surface area contributed by atoms with Crippen molar-refractivity contribution in [1.82, 2.24) is 5.32 Å². The van der Waals surface area contributed by atoms with E-state index in [0.717, 1.165) is 12.5 Å². The summed E-state index contributed by atoms with van der Waals surface area (Å²) in [6, 6.07) is 0.671. The van der Waals surface area contributed by atoms with Crippen molar-refractivity contribution in [2.45, 2.75) is 38.6 Å². The van der Waals surface area contributed by atoms with Crippen LogP contribution in [0.5, 0.6) is 0 Å². The molecule has 3 nitrogen and oxygen atoms in total. The monoisotopic (exact) mass is 170 g/mol. The number of nitrogens with two attached hydrogens (primary N) is 1. The molecule has 0 heterocycles. The van der Waals surface area contributed by atoms with Crippen molar-refractivity contribution in [3.63, 3.8) is 0 Å². The van der Waals surface area contributed by atoms with Gasteiger partial charge in [-0.2, -0.15) is 0 Å². The van der Waals surface area contributed by atoms with Gasteiger partial charge in [0.2, 0.25) is 5.91 Å². The minimum absolute atomic E-state index is 0.213. The highest BCUT2D eigenvalue weighted by Crippen LogP contribution is 2.34. The van der Waals surface area contributed by atoms with E-state index in [4.69, 9.17) is 5.73 Å². The van der Waals surface area contributed by atoms with E-state index in [-0.39, 0.29) is 5.91 Å². The zero-order valence-electron chi connectivity index (χ0n) is 7.68. The molecule has 1 saturated carbocycles. The topological polar surface area (TPSA) is 55.1 Å². The first-order chi connectivity index (χ1) is 5.74. The summed E-state index contributed by atoms with van der Waals surface area (Å²) >= 11 is 0. The Morgan fingerprint density at radius 1 is 1.67 bits per heavy atom. The molecule has 0 bridgehead atoms.